The van der Waals surface area contributed by atoms with Crippen molar-refractivity contribution in [2.45, 2.75) is 101 Å². The van der Waals surface area contributed by atoms with Gasteiger partial charge in [-0.25, -0.2) is 0 Å². The van der Waals surface area contributed by atoms with E-state index < -0.39 is 59.5 Å². The summed E-state index contributed by atoms with van der Waals surface area (Å²) in [6, 6.07) is 0. The molecule has 12 unspecified atom stereocenters. The lowest BCUT2D eigenvalue weighted by Crippen LogP contribution is -2.73. The fourth-order valence-corrected chi connectivity index (χ4v) is 9.47. The smallest absolute Gasteiger partial charge is 0.144 e. The van der Waals surface area contributed by atoms with Gasteiger partial charge in [-0.1, -0.05) is 0 Å². The maximum absolute atomic E-state index is 14.0. The third kappa shape index (κ3) is 4.24. The van der Waals surface area contributed by atoms with Crippen LogP contribution in [0.2, 0.25) is 0 Å². The number of fused-ring (bicyclic) bond motifs is 3. The van der Waals surface area contributed by atoms with Crippen LogP contribution in [0.25, 0.3) is 0 Å². The van der Waals surface area contributed by atoms with Crippen molar-refractivity contribution >= 4 is 11.6 Å². The zero-order valence-electron chi connectivity index (χ0n) is 22.1. The maximum Gasteiger partial charge on any atom is 0.144 e. The van der Waals surface area contributed by atoms with Crippen LogP contribution in [0, 0.1) is 47.3 Å². The minimum atomic E-state index is -2.06. The van der Waals surface area contributed by atoms with Crippen molar-refractivity contribution in [2.75, 3.05) is 14.2 Å². The first-order valence-electron chi connectivity index (χ1n) is 14.1. The largest absolute Gasteiger partial charge is 0.392 e. The van der Waals surface area contributed by atoms with Gasteiger partial charge in [0, 0.05) is 32.5 Å². The van der Waals surface area contributed by atoms with Gasteiger partial charge < -0.3 is 35.0 Å². The molecule has 5 fully saturated rings. The predicted octanol–water partition coefficient (Wildman–Crippen LogP) is 0.468. The predicted molar refractivity (Wildman–Crippen MR) is 131 cm³/mol. The number of methoxy groups -OCH3 is 2. The first kappa shape index (κ1) is 27.6. The van der Waals surface area contributed by atoms with Gasteiger partial charge in [-0.3, -0.25) is 9.59 Å². The van der Waals surface area contributed by atoms with E-state index in [1.54, 1.807) is 14.2 Å². The molecule has 37 heavy (non-hydrogen) atoms. The molecule has 0 aromatic carbocycles. The summed E-state index contributed by atoms with van der Waals surface area (Å²) in [5, 5.41) is 55.8. The average Bonchev–Trinajstić information content (AvgIpc) is 2.85. The number of hydrogen-bond acceptors (Lipinski definition) is 9. The minimum absolute atomic E-state index is 0.0154. The monoisotopic (exact) mass is 524 g/mol. The van der Waals surface area contributed by atoms with Crippen LogP contribution in [-0.2, 0) is 19.1 Å². The molecule has 5 aliphatic rings. The van der Waals surface area contributed by atoms with Crippen molar-refractivity contribution in [3.05, 3.63) is 0 Å². The van der Waals surface area contributed by atoms with Crippen LogP contribution >= 0.6 is 0 Å². The third-order valence-electron chi connectivity index (χ3n) is 11.2. The fraction of sp³-hybridized carbons (Fsp3) is 0.929. The van der Waals surface area contributed by atoms with Crippen molar-refractivity contribution in [3.8, 4) is 0 Å². The lowest BCUT2D eigenvalue weighted by atomic mass is 9.47. The van der Waals surface area contributed by atoms with Gasteiger partial charge in [-0.15, -0.1) is 0 Å². The van der Waals surface area contributed by atoms with E-state index in [0.29, 0.717) is 19.3 Å². The van der Waals surface area contributed by atoms with E-state index in [1.807, 2.05) is 0 Å². The SMILES string of the molecule is COC1CCC(C2CCC(O)C3C(=O)C4C(O)[C@]5(O)C(O)C(C(C)=O)C(O)C[C@@H]5C[C@@H]4CC23)C(OC)C1. The van der Waals surface area contributed by atoms with Crippen LogP contribution in [0.3, 0.4) is 0 Å². The van der Waals surface area contributed by atoms with Crippen LogP contribution in [0.4, 0.5) is 0 Å². The molecule has 210 valence electrons. The van der Waals surface area contributed by atoms with E-state index in [9.17, 15) is 35.1 Å². The number of carbonyl (C=O) groups is 2. The highest BCUT2D eigenvalue weighted by Gasteiger charge is 2.67. The van der Waals surface area contributed by atoms with Gasteiger partial charge in [-0.05, 0) is 81.5 Å². The molecular formula is C28H44O9. The molecule has 0 radical (unpaired) electrons. The van der Waals surface area contributed by atoms with E-state index >= 15 is 0 Å². The molecule has 0 heterocycles. The molecule has 0 aromatic rings. The molecule has 0 aliphatic heterocycles. The maximum atomic E-state index is 14.0. The number of ketones is 2. The number of aliphatic hydroxyl groups is 5. The van der Waals surface area contributed by atoms with Crippen LogP contribution in [0.5, 0.6) is 0 Å². The Labute approximate surface area is 218 Å². The highest BCUT2D eigenvalue weighted by atomic mass is 16.5. The molecule has 5 aliphatic carbocycles. The third-order valence-corrected chi connectivity index (χ3v) is 11.2. The number of hydrogen-bond donors (Lipinski definition) is 5. The number of carbonyl (C=O) groups excluding carboxylic acids is 2. The van der Waals surface area contributed by atoms with Gasteiger partial charge in [0.15, 0.2) is 0 Å². The molecular weight excluding hydrogens is 480 g/mol. The molecule has 5 rings (SSSR count). The first-order valence-corrected chi connectivity index (χ1v) is 14.1. The normalized spacial score (nSPS) is 54.1. The molecule has 5 N–H and O–H groups in total. The summed E-state index contributed by atoms with van der Waals surface area (Å²) in [5.41, 5.74) is -2.06. The Kier molecular flexibility index (Phi) is 7.64. The summed E-state index contributed by atoms with van der Waals surface area (Å²) in [5.74, 6) is -3.94. The fourth-order valence-electron chi connectivity index (χ4n) is 9.47. The molecule has 0 amide bonds. The first-order chi connectivity index (χ1) is 17.5. The van der Waals surface area contributed by atoms with Crippen LogP contribution in [0.15, 0.2) is 0 Å². The average molecular weight is 525 g/mol. The van der Waals surface area contributed by atoms with E-state index in [1.165, 1.54) is 6.92 Å². The number of Topliss-reactive ketones (excluding diaryl/α,β-unsaturated/α-hetero) is 2. The van der Waals surface area contributed by atoms with Gasteiger partial charge in [-0.2, -0.15) is 0 Å². The zero-order chi connectivity index (χ0) is 26.8. The van der Waals surface area contributed by atoms with Crippen molar-refractivity contribution in [1.29, 1.82) is 0 Å². The quantitative estimate of drug-likeness (QED) is 0.353. The summed E-state index contributed by atoms with van der Waals surface area (Å²) in [7, 11) is 3.44. The molecule has 9 nitrogen and oxygen atoms in total. The second kappa shape index (κ2) is 10.2. The van der Waals surface area contributed by atoms with E-state index in [2.05, 4.69) is 0 Å². The van der Waals surface area contributed by atoms with Gasteiger partial charge in [0.1, 0.15) is 17.2 Å². The highest BCUT2D eigenvalue weighted by Crippen LogP contribution is 2.58. The van der Waals surface area contributed by atoms with E-state index in [4.69, 9.17) is 9.47 Å². The van der Waals surface area contributed by atoms with Crippen molar-refractivity contribution in [3.63, 3.8) is 0 Å². The molecule has 15 atom stereocenters. The molecule has 0 spiro atoms. The summed E-state index contributed by atoms with van der Waals surface area (Å²) >= 11 is 0. The summed E-state index contributed by atoms with van der Waals surface area (Å²) in [6.45, 7) is 1.25. The second-order valence-corrected chi connectivity index (χ2v) is 12.7. The van der Waals surface area contributed by atoms with Gasteiger partial charge in [0.05, 0.1) is 42.5 Å². The van der Waals surface area contributed by atoms with Gasteiger partial charge >= 0.3 is 0 Å². The molecule has 5 saturated carbocycles. The molecule has 0 aromatic heterocycles. The summed E-state index contributed by atoms with van der Waals surface area (Å²) in [6.07, 6.45) is 0.0696. The van der Waals surface area contributed by atoms with Crippen LogP contribution in [0.1, 0.15) is 58.3 Å². The lowest BCUT2D eigenvalue weighted by molar-refractivity contribution is -0.265. The van der Waals surface area contributed by atoms with Gasteiger partial charge in [0.25, 0.3) is 0 Å². The zero-order valence-corrected chi connectivity index (χ0v) is 22.1. The molecule has 0 bridgehead atoms. The Morgan fingerprint density at radius 3 is 2.16 bits per heavy atom. The van der Waals surface area contributed by atoms with Crippen LogP contribution < -0.4 is 0 Å². The van der Waals surface area contributed by atoms with Crippen molar-refractivity contribution < 1.29 is 44.6 Å². The van der Waals surface area contributed by atoms with Crippen molar-refractivity contribution in [1.82, 2.24) is 0 Å². The molecule has 9 heteroatoms. The Hall–Kier alpha value is -0.940. The van der Waals surface area contributed by atoms with E-state index in [-0.39, 0.29) is 48.1 Å². The summed E-state index contributed by atoms with van der Waals surface area (Å²) in [4.78, 5) is 26.2. The number of rotatable bonds is 4. The van der Waals surface area contributed by atoms with Crippen LogP contribution in [-0.4, -0.2) is 93.5 Å². The topological polar surface area (TPSA) is 154 Å². The number of aliphatic hydroxyl groups excluding tert-OH is 4. The number of ether oxygens (including phenoxy) is 2. The Balaban J connectivity index is 1.44. The standard InChI is InChI=1S/C28H44O9/c1-12(29)22-20(31)10-14-8-13-9-18-16(17-5-4-15(36-2)11-21(17)37-3)6-7-19(30)24(18)25(32)23(13)27(34)28(14,35)26(22)33/h13-24,26-27,30-31,33-35H,4-11H2,1-3H3/t13-,14+,15?,16?,17?,18?,19?,20?,21?,22?,23?,24?,26?,27?,28-/m1/s1. The molecule has 0 saturated heterocycles. The van der Waals surface area contributed by atoms with Crippen molar-refractivity contribution in [2.24, 2.45) is 47.3 Å². The Bertz CT molecular complexity index is 880. The minimum Gasteiger partial charge on any atom is -0.392 e. The van der Waals surface area contributed by atoms with Gasteiger partial charge in [0.2, 0.25) is 0 Å². The second-order valence-electron chi connectivity index (χ2n) is 12.7. The Morgan fingerprint density at radius 1 is 0.811 bits per heavy atom. The lowest BCUT2D eigenvalue weighted by Gasteiger charge is -2.60. The van der Waals surface area contributed by atoms with E-state index in [0.717, 1.165) is 25.7 Å². The highest BCUT2D eigenvalue weighted by molar-refractivity contribution is 5.87. The Morgan fingerprint density at radius 2 is 1.51 bits per heavy atom. The summed E-state index contributed by atoms with van der Waals surface area (Å²) < 4.78 is 11.5.